The first-order chi connectivity index (χ1) is 10.1. The van der Waals surface area contributed by atoms with Crippen LogP contribution >= 0.6 is 11.3 Å². The molecule has 6 nitrogen and oxygen atoms in total. The normalized spacial score (nSPS) is 18.0. The second kappa shape index (κ2) is 5.77. The molecule has 7 heteroatoms. The molecule has 1 saturated heterocycles. The molecular formula is C14H17N5OS. The Hall–Kier alpha value is -2.02. The maximum absolute atomic E-state index is 11.7. The Morgan fingerprint density at radius 1 is 1.48 bits per heavy atom. The van der Waals surface area contributed by atoms with E-state index in [1.807, 2.05) is 23.3 Å². The Morgan fingerprint density at radius 3 is 3.05 bits per heavy atom. The zero-order valence-corrected chi connectivity index (χ0v) is 12.9. The van der Waals surface area contributed by atoms with E-state index in [-0.39, 0.29) is 11.9 Å². The van der Waals surface area contributed by atoms with Crippen LogP contribution in [-0.2, 0) is 4.79 Å². The van der Waals surface area contributed by atoms with E-state index in [0.717, 1.165) is 36.0 Å². The quantitative estimate of drug-likeness (QED) is 0.944. The van der Waals surface area contributed by atoms with Crippen LogP contribution in [0.5, 0.6) is 0 Å². The van der Waals surface area contributed by atoms with Crippen LogP contribution in [0, 0.1) is 6.92 Å². The number of amides is 1. The summed E-state index contributed by atoms with van der Waals surface area (Å²) in [5.41, 5.74) is 0.897. The Kier molecular flexibility index (Phi) is 3.83. The lowest BCUT2D eigenvalue weighted by atomic mass is 10.1. The van der Waals surface area contributed by atoms with Crippen molar-refractivity contribution in [2.24, 2.45) is 0 Å². The van der Waals surface area contributed by atoms with Gasteiger partial charge in [-0.25, -0.2) is 15.0 Å². The number of aromatic nitrogens is 3. The fourth-order valence-electron chi connectivity index (χ4n) is 2.67. The van der Waals surface area contributed by atoms with Crippen molar-refractivity contribution in [3.8, 4) is 0 Å². The molecule has 0 spiro atoms. The number of likely N-dealkylation sites (tertiary alicyclic amines) is 1. The van der Waals surface area contributed by atoms with Crippen LogP contribution in [0.4, 0.5) is 10.9 Å². The van der Waals surface area contributed by atoms with Crippen LogP contribution in [-0.4, -0.2) is 32.3 Å². The standard InChI is InChI=1S/C14H17N5OS/c1-9-16-11(12-4-3-6-19(12)10(2)20)8-13(17-9)18-14-15-5-7-21-14/h5,7-8,12H,3-4,6H2,1-2H3,(H,15,16,17,18). The van der Waals surface area contributed by atoms with Crippen molar-refractivity contribution in [1.82, 2.24) is 19.9 Å². The van der Waals surface area contributed by atoms with Crippen molar-refractivity contribution in [3.05, 3.63) is 29.2 Å². The number of nitrogens with one attached hydrogen (secondary N) is 1. The lowest BCUT2D eigenvalue weighted by molar-refractivity contribution is -0.129. The van der Waals surface area contributed by atoms with Gasteiger partial charge in [0.05, 0.1) is 11.7 Å². The Balaban J connectivity index is 1.88. The molecule has 110 valence electrons. The number of rotatable bonds is 3. The van der Waals surface area contributed by atoms with E-state index >= 15 is 0 Å². The molecule has 1 atom stereocenters. The molecule has 1 N–H and O–H groups in total. The minimum Gasteiger partial charge on any atom is -0.334 e. The highest BCUT2D eigenvalue weighted by Crippen LogP contribution is 2.32. The number of anilines is 2. The highest BCUT2D eigenvalue weighted by Gasteiger charge is 2.29. The average molecular weight is 303 g/mol. The second-order valence-electron chi connectivity index (χ2n) is 5.06. The van der Waals surface area contributed by atoms with E-state index in [9.17, 15) is 4.79 Å². The molecule has 0 aromatic carbocycles. The van der Waals surface area contributed by atoms with E-state index < -0.39 is 0 Å². The van der Waals surface area contributed by atoms with Crippen LogP contribution < -0.4 is 5.32 Å². The average Bonchev–Trinajstić information content (AvgIpc) is 3.08. The first kappa shape index (κ1) is 13.9. The largest absolute Gasteiger partial charge is 0.334 e. The third-order valence-corrected chi connectivity index (χ3v) is 4.21. The lowest BCUT2D eigenvalue weighted by Gasteiger charge is -2.23. The van der Waals surface area contributed by atoms with Gasteiger partial charge in [-0.3, -0.25) is 4.79 Å². The van der Waals surface area contributed by atoms with Crippen molar-refractivity contribution in [3.63, 3.8) is 0 Å². The summed E-state index contributed by atoms with van der Waals surface area (Å²) in [5, 5.41) is 5.89. The first-order valence-corrected chi connectivity index (χ1v) is 7.81. The summed E-state index contributed by atoms with van der Waals surface area (Å²) in [6, 6.07) is 1.97. The third kappa shape index (κ3) is 3.02. The highest BCUT2D eigenvalue weighted by molar-refractivity contribution is 7.13. The molecule has 2 aromatic rings. The second-order valence-corrected chi connectivity index (χ2v) is 5.95. The van der Waals surface area contributed by atoms with Gasteiger partial charge in [0.1, 0.15) is 11.6 Å². The van der Waals surface area contributed by atoms with Crippen molar-refractivity contribution in [2.75, 3.05) is 11.9 Å². The molecule has 3 heterocycles. The number of nitrogens with zero attached hydrogens (tertiary/aromatic N) is 4. The van der Waals surface area contributed by atoms with Crippen LogP contribution in [0.15, 0.2) is 17.6 Å². The zero-order chi connectivity index (χ0) is 14.8. The monoisotopic (exact) mass is 303 g/mol. The van der Waals surface area contributed by atoms with Gasteiger partial charge in [0, 0.05) is 31.1 Å². The third-order valence-electron chi connectivity index (χ3n) is 3.52. The zero-order valence-electron chi connectivity index (χ0n) is 12.0. The summed E-state index contributed by atoms with van der Waals surface area (Å²) in [4.78, 5) is 26.7. The maximum Gasteiger partial charge on any atom is 0.220 e. The van der Waals surface area contributed by atoms with E-state index in [4.69, 9.17) is 0 Å². The van der Waals surface area contributed by atoms with Gasteiger partial charge in [0.25, 0.3) is 0 Å². The van der Waals surface area contributed by atoms with Crippen LogP contribution in [0.25, 0.3) is 0 Å². The molecule has 0 bridgehead atoms. The molecule has 1 aliphatic rings. The number of thiazole rings is 1. The fraction of sp³-hybridized carbons (Fsp3) is 0.429. The molecule has 1 amide bonds. The number of hydrogen-bond donors (Lipinski definition) is 1. The Bertz CT molecular complexity index is 643. The van der Waals surface area contributed by atoms with Crippen molar-refractivity contribution in [1.29, 1.82) is 0 Å². The molecule has 0 aliphatic carbocycles. The smallest absolute Gasteiger partial charge is 0.220 e. The lowest BCUT2D eigenvalue weighted by Crippen LogP contribution is -2.28. The van der Waals surface area contributed by atoms with E-state index in [0.29, 0.717) is 5.82 Å². The molecule has 1 fully saturated rings. The number of carbonyl (C=O) groups excluding carboxylic acids is 1. The van der Waals surface area contributed by atoms with Crippen molar-refractivity contribution >= 4 is 28.2 Å². The van der Waals surface area contributed by atoms with Gasteiger partial charge in [-0.15, -0.1) is 11.3 Å². The number of hydrogen-bond acceptors (Lipinski definition) is 6. The minimum atomic E-state index is 0.0565. The van der Waals surface area contributed by atoms with E-state index in [2.05, 4.69) is 20.3 Å². The van der Waals surface area contributed by atoms with Gasteiger partial charge >= 0.3 is 0 Å². The van der Waals surface area contributed by atoms with Gasteiger partial charge in [-0.1, -0.05) is 0 Å². The van der Waals surface area contributed by atoms with Gasteiger partial charge in [0.2, 0.25) is 5.91 Å². The summed E-state index contributed by atoms with van der Waals surface area (Å²) >= 11 is 1.52. The fourth-order valence-corrected chi connectivity index (χ4v) is 3.21. The Morgan fingerprint density at radius 2 is 2.33 bits per heavy atom. The van der Waals surface area contributed by atoms with Gasteiger partial charge in [-0.05, 0) is 19.8 Å². The number of carbonyl (C=O) groups is 1. The first-order valence-electron chi connectivity index (χ1n) is 6.93. The molecule has 0 radical (unpaired) electrons. The van der Waals surface area contributed by atoms with Crippen LogP contribution in [0.3, 0.4) is 0 Å². The highest BCUT2D eigenvalue weighted by atomic mass is 32.1. The molecule has 21 heavy (non-hydrogen) atoms. The molecule has 1 aliphatic heterocycles. The van der Waals surface area contributed by atoms with Gasteiger partial charge in [-0.2, -0.15) is 0 Å². The molecule has 0 saturated carbocycles. The summed E-state index contributed by atoms with van der Waals surface area (Å²) in [5.74, 6) is 1.52. The van der Waals surface area contributed by atoms with Crippen molar-refractivity contribution < 1.29 is 4.79 Å². The topological polar surface area (TPSA) is 71.0 Å². The molecule has 3 rings (SSSR count). The maximum atomic E-state index is 11.7. The van der Waals surface area contributed by atoms with E-state index in [1.54, 1.807) is 13.1 Å². The summed E-state index contributed by atoms with van der Waals surface area (Å²) in [6.07, 6.45) is 3.71. The minimum absolute atomic E-state index is 0.0565. The molecular weight excluding hydrogens is 286 g/mol. The number of aryl methyl sites for hydroxylation is 1. The van der Waals surface area contributed by atoms with E-state index in [1.165, 1.54) is 11.3 Å². The summed E-state index contributed by atoms with van der Waals surface area (Å²) in [7, 11) is 0. The predicted molar refractivity (Wildman–Crippen MR) is 81.5 cm³/mol. The van der Waals surface area contributed by atoms with Crippen LogP contribution in [0.1, 0.15) is 37.3 Å². The molecule has 1 unspecified atom stereocenters. The summed E-state index contributed by atoms with van der Waals surface area (Å²) < 4.78 is 0. The van der Waals surface area contributed by atoms with Gasteiger partial charge < -0.3 is 10.2 Å². The Labute approximate surface area is 127 Å². The summed E-state index contributed by atoms with van der Waals surface area (Å²) in [6.45, 7) is 4.28. The SMILES string of the molecule is CC(=O)N1CCCC1c1cc(Nc2nccs2)nc(C)n1. The predicted octanol–water partition coefficient (Wildman–Crippen LogP) is 2.67. The van der Waals surface area contributed by atoms with Crippen LogP contribution in [0.2, 0.25) is 0 Å². The van der Waals surface area contributed by atoms with Gasteiger partial charge in [0.15, 0.2) is 5.13 Å². The molecule has 2 aromatic heterocycles. The van der Waals surface area contributed by atoms with Crippen molar-refractivity contribution in [2.45, 2.75) is 32.7 Å².